The van der Waals surface area contributed by atoms with Crippen LogP contribution in [0.2, 0.25) is 0 Å². The molecule has 0 saturated carbocycles. The number of piperidine rings is 1. The number of likely N-dealkylation sites (tertiary alicyclic amines) is 1. The van der Waals surface area contributed by atoms with Crippen molar-refractivity contribution >= 4 is 0 Å². The third kappa shape index (κ3) is 4.45. The average Bonchev–Trinajstić information content (AvgIpc) is 2.52. The standard InChI is InChI=1S/C19H32N2O/c1-14(2)6-9-21-10-7-16(8-11-21)18-12-19(22-5)17(13-20-18)15(3)4/h12-16H,6-11H2,1-5H3. The Morgan fingerprint density at radius 2 is 1.91 bits per heavy atom. The molecule has 1 saturated heterocycles. The van der Waals surface area contributed by atoms with Crippen LogP contribution in [0, 0.1) is 5.92 Å². The lowest BCUT2D eigenvalue weighted by atomic mass is 9.91. The van der Waals surface area contributed by atoms with Gasteiger partial charge in [-0.1, -0.05) is 27.7 Å². The molecule has 0 spiro atoms. The number of pyridine rings is 1. The first-order valence-corrected chi connectivity index (χ1v) is 8.77. The molecule has 1 aromatic rings. The largest absolute Gasteiger partial charge is 0.496 e. The van der Waals surface area contributed by atoms with E-state index in [1.807, 2.05) is 6.20 Å². The van der Waals surface area contributed by atoms with Crippen LogP contribution in [0.3, 0.4) is 0 Å². The predicted molar refractivity (Wildman–Crippen MR) is 92.7 cm³/mol. The van der Waals surface area contributed by atoms with Crippen LogP contribution in [0.1, 0.15) is 70.1 Å². The van der Waals surface area contributed by atoms with Crippen molar-refractivity contribution in [2.24, 2.45) is 5.92 Å². The summed E-state index contributed by atoms with van der Waals surface area (Å²) in [6.07, 6.45) is 5.76. The first-order chi connectivity index (χ1) is 10.5. The summed E-state index contributed by atoms with van der Waals surface area (Å²) in [7, 11) is 1.76. The third-order valence-corrected chi connectivity index (χ3v) is 4.79. The Bertz CT molecular complexity index is 463. The van der Waals surface area contributed by atoms with E-state index in [2.05, 4.69) is 38.7 Å². The van der Waals surface area contributed by atoms with Crippen LogP contribution in [0.25, 0.3) is 0 Å². The van der Waals surface area contributed by atoms with Crippen molar-refractivity contribution < 1.29 is 4.74 Å². The summed E-state index contributed by atoms with van der Waals surface area (Å²) in [5.41, 5.74) is 2.42. The van der Waals surface area contributed by atoms with Gasteiger partial charge in [-0.3, -0.25) is 4.98 Å². The zero-order valence-electron chi connectivity index (χ0n) is 14.9. The fraction of sp³-hybridized carbons (Fsp3) is 0.737. The molecular formula is C19H32N2O. The number of nitrogens with zero attached hydrogens (tertiary/aromatic N) is 2. The van der Waals surface area contributed by atoms with Crippen LogP contribution in [0.15, 0.2) is 12.3 Å². The molecule has 0 radical (unpaired) electrons. The van der Waals surface area contributed by atoms with Crippen molar-refractivity contribution in [3.63, 3.8) is 0 Å². The summed E-state index contributed by atoms with van der Waals surface area (Å²) in [6, 6.07) is 2.17. The maximum absolute atomic E-state index is 5.57. The summed E-state index contributed by atoms with van der Waals surface area (Å²) in [5.74, 6) is 2.84. The van der Waals surface area contributed by atoms with Crippen molar-refractivity contribution in [1.29, 1.82) is 0 Å². The molecule has 0 unspecified atom stereocenters. The Kier molecular flexibility index (Phi) is 6.25. The molecule has 0 aromatic carbocycles. The van der Waals surface area contributed by atoms with Gasteiger partial charge in [0.2, 0.25) is 0 Å². The topological polar surface area (TPSA) is 25.4 Å². The van der Waals surface area contributed by atoms with Crippen LogP contribution in [0.5, 0.6) is 5.75 Å². The molecular weight excluding hydrogens is 272 g/mol. The SMILES string of the molecule is COc1cc(C2CCN(CCC(C)C)CC2)ncc1C(C)C. The molecule has 22 heavy (non-hydrogen) atoms. The van der Waals surface area contributed by atoms with Gasteiger partial charge in [0.15, 0.2) is 0 Å². The summed E-state index contributed by atoms with van der Waals surface area (Å²) in [6.45, 7) is 12.6. The molecule has 0 aliphatic carbocycles. The highest BCUT2D eigenvalue weighted by Crippen LogP contribution is 2.32. The van der Waals surface area contributed by atoms with Crippen LogP contribution in [-0.2, 0) is 0 Å². The van der Waals surface area contributed by atoms with Crippen LogP contribution in [0.4, 0.5) is 0 Å². The molecule has 0 atom stereocenters. The molecule has 1 fully saturated rings. The van der Waals surface area contributed by atoms with E-state index in [1.165, 1.54) is 50.2 Å². The summed E-state index contributed by atoms with van der Waals surface area (Å²) in [4.78, 5) is 7.34. The van der Waals surface area contributed by atoms with Gasteiger partial charge in [-0.05, 0) is 50.7 Å². The molecule has 3 nitrogen and oxygen atoms in total. The Labute approximate surface area is 136 Å². The van der Waals surface area contributed by atoms with E-state index in [0.717, 1.165) is 11.7 Å². The first-order valence-electron chi connectivity index (χ1n) is 8.77. The van der Waals surface area contributed by atoms with Gasteiger partial charge in [-0.2, -0.15) is 0 Å². The minimum Gasteiger partial charge on any atom is -0.496 e. The molecule has 0 amide bonds. The lowest BCUT2D eigenvalue weighted by molar-refractivity contribution is 0.201. The summed E-state index contributed by atoms with van der Waals surface area (Å²) in [5, 5.41) is 0. The van der Waals surface area contributed by atoms with Gasteiger partial charge in [0.25, 0.3) is 0 Å². The molecule has 2 rings (SSSR count). The highest BCUT2D eigenvalue weighted by Gasteiger charge is 2.22. The maximum atomic E-state index is 5.57. The number of ether oxygens (including phenoxy) is 1. The molecule has 1 aliphatic heterocycles. The molecule has 0 N–H and O–H groups in total. The van der Waals surface area contributed by atoms with Gasteiger partial charge in [0.1, 0.15) is 5.75 Å². The van der Waals surface area contributed by atoms with E-state index >= 15 is 0 Å². The number of methoxy groups -OCH3 is 1. The third-order valence-electron chi connectivity index (χ3n) is 4.79. The van der Waals surface area contributed by atoms with Gasteiger partial charge in [0, 0.05) is 29.4 Å². The number of rotatable bonds is 6. The van der Waals surface area contributed by atoms with E-state index in [-0.39, 0.29) is 0 Å². The second-order valence-electron chi connectivity index (χ2n) is 7.30. The monoisotopic (exact) mass is 304 g/mol. The average molecular weight is 304 g/mol. The molecule has 1 aliphatic rings. The highest BCUT2D eigenvalue weighted by molar-refractivity contribution is 5.36. The lowest BCUT2D eigenvalue weighted by Crippen LogP contribution is -2.34. The Hall–Kier alpha value is -1.09. The molecule has 0 bridgehead atoms. The van der Waals surface area contributed by atoms with E-state index in [1.54, 1.807) is 7.11 Å². The number of hydrogen-bond donors (Lipinski definition) is 0. The van der Waals surface area contributed by atoms with Crippen molar-refractivity contribution in [3.8, 4) is 5.75 Å². The van der Waals surface area contributed by atoms with Crippen molar-refractivity contribution in [3.05, 3.63) is 23.5 Å². The molecule has 1 aromatic heterocycles. The van der Waals surface area contributed by atoms with Gasteiger partial charge >= 0.3 is 0 Å². The van der Waals surface area contributed by atoms with E-state index in [9.17, 15) is 0 Å². The highest BCUT2D eigenvalue weighted by atomic mass is 16.5. The van der Waals surface area contributed by atoms with Gasteiger partial charge in [0.05, 0.1) is 7.11 Å². The van der Waals surface area contributed by atoms with E-state index in [0.29, 0.717) is 11.8 Å². The number of aromatic nitrogens is 1. The second kappa shape index (κ2) is 7.96. The number of hydrogen-bond acceptors (Lipinski definition) is 3. The van der Waals surface area contributed by atoms with E-state index < -0.39 is 0 Å². The molecule has 2 heterocycles. The van der Waals surface area contributed by atoms with Crippen LogP contribution in [-0.4, -0.2) is 36.6 Å². The van der Waals surface area contributed by atoms with Gasteiger partial charge in [-0.15, -0.1) is 0 Å². The lowest BCUT2D eigenvalue weighted by Gasteiger charge is -2.32. The Morgan fingerprint density at radius 3 is 2.45 bits per heavy atom. The minimum absolute atomic E-state index is 0.453. The van der Waals surface area contributed by atoms with E-state index in [4.69, 9.17) is 9.72 Å². The zero-order valence-corrected chi connectivity index (χ0v) is 14.9. The fourth-order valence-electron chi connectivity index (χ4n) is 3.19. The van der Waals surface area contributed by atoms with Gasteiger partial charge < -0.3 is 9.64 Å². The van der Waals surface area contributed by atoms with Crippen molar-refractivity contribution in [2.75, 3.05) is 26.7 Å². The second-order valence-corrected chi connectivity index (χ2v) is 7.30. The normalized spacial score (nSPS) is 17.4. The Morgan fingerprint density at radius 1 is 1.23 bits per heavy atom. The predicted octanol–water partition coefficient (Wildman–Crippen LogP) is 4.44. The summed E-state index contributed by atoms with van der Waals surface area (Å²) < 4.78 is 5.57. The fourth-order valence-corrected chi connectivity index (χ4v) is 3.19. The van der Waals surface area contributed by atoms with Crippen molar-refractivity contribution in [2.45, 2.75) is 58.8 Å². The van der Waals surface area contributed by atoms with Crippen LogP contribution >= 0.6 is 0 Å². The summed E-state index contributed by atoms with van der Waals surface area (Å²) >= 11 is 0. The Balaban J connectivity index is 1.96. The minimum atomic E-state index is 0.453. The molecule has 3 heteroatoms. The quantitative estimate of drug-likeness (QED) is 0.777. The zero-order chi connectivity index (χ0) is 16.1. The maximum Gasteiger partial charge on any atom is 0.125 e. The first kappa shape index (κ1) is 17.3. The van der Waals surface area contributed by atoms with Gasteiger partial charge in [-0.25, -0.2) is 0 Å². The molecule has 124 valence electrons. The van der Waals surface area contributed by atoms with Crippen molar-refractivity contribution in [1.82, 2.24) is 9.88 Å². The van der Waals surface area contributed by atoms with Crippen LogP contribution < -0.4 is 4.74 Å². The smallest absolute Gasteiger partial charge is 0.125 e.